The van der Waals surface area contributed by atoms with Crippen molar-refractivity contribution >= 4 is 11.4 Å². The summed E-state index contributed by atoms with van der Waals surface area (Å²) in [5, 5.41) is 4.86. The van der Waals surface area contributed by atoms with E-state index in [2.05, 4.69) is 17.1 Å². The SMILES string of the molecule is COCc1nn2c3c(cnc2c1-c1ccc(OC)c(OC)c1)C(=O)C[C@H](c1ccccc1)C3. The van der Waals surface area contributed by atoms with Crippen molar-refractivity contribution in [2.24, 2.45) is 0 Å². The molecule has 2 aromatic heterocycles. The maximum absolute atomic E-state index is 13.0. The zero-order chi connectivity index (χ0) is 22.9. The van der Waals surface area contributed by atoms with Gasteiger partial charge in [0.05, 0.1) is 43.3 Å². The first-order valence-electron chi connectivity index (χ1n) is 10.8. The molecular formula is C26H25N3O4. The fourth-order valence-electron chi connectivity index (χ4n) is 4.63. The number of nitrogens with zero attached hydrogens (tertiary/aromatic N) is 3. The summed E-state index contributed by atoms with van der Waals surface area (Å²) >= 11 is 0. The van der Waals surface area contributed by atoms with E-state index in [1.54, 1.807) is 27.5 Å². The number of rotatable bonds is 6. The Morgan fingerprint density at radius 3 is 2.52 bits per heavy atom. The minimum absolute atomic E-state index is 0.0935. The fraction of sp³-hybridized carbons (Fsp3) is 0.269. The number of methoxy groups -OCH3 is 3. The van der Waals surface area contributed by atoms with E-state index < -0.39 is 0 Å². The zero-order valence-electron chi connectivity index (χ0n) is 18.9. The van der Waals surface area contributed by atoms with Crippen molar-refractivity contribution in [2.45, 2.75) is 25.4 Å². The molecule has 5 rings (SSSR count). The van der Waals surface area contributed by atoms with Gasteiger partial charge in [-0.2, -0.15) is 5.10 Å². The minimum Gasteiger partial charge on any atom is -0.493 e. The van der Waals surface area contributed by atoms with E-state index in [0.717, 1.165) is 28.1 Å². The molecular weight excluding hydrogens is 418 g/mol. The van der Waals surface area contributed by atoms with E-state index in [1.807, 2.05) is 40.9 Å². The Labute approximate surface area is 191 Å². The summed E-state index contributed by atoms with van der Waals surface area (Å²) in [7, 11) is 4.86. The lowest BCUT2D eigenvalue weighted by Crippen LogP contribution is -2.22. The Balaban J connectivity index is 1.69. The van der Waals surface area contributed by atoms with Crippen LogP contribution >= 0.6 is 0 Å². The van der Waals surface area contributed by atoms with Gasteiger partial charge in [-0.3, -0.25) is 4.79 Å². The van der Waals surface area contributed by atoms with Crippen molar-refractivity contribution < 1.29 is 19.0 Å². The molecule has 2 aromatic carbocycles. The predicted octanol–water partition coefficient (Wildman–Crippen LogP) is 4.47. The number of aromatic nitrogens is 3. The third-order valence-electron chi connectivity index (χ3n) is 6.21. The number of carbonyl (C=O) groups excluding carboxylic acids is 1. The Kier molecular flexibility index (Phi) is 5.56. The second kappa shape index (κ2) is 8.67. The molecule has 0 aliphatic heterocycles. The fourth-order valence-corrected chi connectivity index (χ4v) is 4.63. The molecule has 4 aromatic rings. The molecule has 0 unspecified atom stereocenters. The molecule has 0 spiro atoms. The largest absolute Gasteiger partial charge is 0.493 e. The summed E-state index contributed by atoms with van der Waals surface area (Å²) in [6.45, 7) is 0.317. The van der Waals surface area contributed by atoms with Crippen LogP contribution in [0.25, 0.3) is 16.8 Å². The van der Waals surface area contributed by atoms with Gasteiger partial charge < -0.3 is 14.2 Å². The molecule has 0 N–H and O–H groups in total. The van der Waals surface area contributed by atoms with Gasteiger partial charge in [-0.25, -0.2) is 9.50 Å². The van der Waals surface area contributed by atoms with Crippen molar-refractivity contribution in [3.63, 3.8) is 0 Å². The van der Waals surface area contributed by atoms with Gasteiger partial charge in [0.25, 0.3) is 0 Å². The third kappa shape index (κ3) is 3.64. The summed E-state index contributed by atoms with van der Waals surface area (Å²) in [6.07, 6.45) is 2.87. The van der Waals surface area contributed by atoms with Gasteiger partial charge in [-0.15, -0.1) is 0 Å². The smallest absolute Gasteiger partial charge is 0.166 e. The lowest BCUT2D eigenvalue weighted by Gasteiger charge is -2.24. The summed E-state index contributed by atoms with van der Waals surface area (Å²) < 4.78 is 18.2. The average molecular weight is 444 g/mol. The quantitative estimate of drug-likeness (QED) is 0.438. The average Bonchev–Trinajstić information content (AvgIpc) is 3.22. The van der Waals surface area contributed by atoms with E-state index in [1.165, 1.54) is 0 Å². The van der Waals surface area contributed by atoms with Gasteiger partial charge in [-0.1, -0.05) is 36.4 Å². The molecule has 33 heavy (non-hydrogen) atoms. The molecule has 0 saturated heterocycles. The molecule has 0 saturated carbocycles. The first kappa shape index (κ1) is 21.2. The topological polar surface area (TPSA) is 75.0 Å². The summed E-state index contributed by atoms with van der Waals surface area (Å²) in [4.78, 5) is 17.7. The van der Waals surface area contributed by atoms with Gasteiger partial charge in [0.1, 0.15) is 0 Å². The van der Waals surface area contributed by atoms with Gasteiger partial charge in [0.15, 0.2) is 22.9 Å². The highest BCUT2D eigenvalue weighted by atomic mass is 16.5. The van der Waals surface area contributed by atoms with E-state index in [4.69, 9.17) is 19.3 Å². The van der Waals surface area contributed by atoms with E-state index in [-0.39, 0.29) is 11.7 Å². The number of benzene rings is 2. The van der Waals surface area contributed by atoms with Crippen molar-refractivity contribution in [3.05, 3.63) is 77.2 Å². The number of ether oxygens (including phenoxy) is 3. The summed E-state index contributed by atoms with van der Waals surface area (Å²) in [6, 6.07) is 15.9. The van der Waals surface area contributed by atoms with Crippen LogP contribution in [0, 0.1) is 0 Å². The van der Waals surface area contributed by atoms with Gasteiger partial charge >= 0.3 is 0 Å². The number of Topliss-reactive ketones (excluding diaryl/α,β-unsaturated/α-hetero) is 1. The third-order valence-corrected chi connectivity index (χ3v) is 6.21. The number of hydrogen-bond donors (Lipinski definition) is 0. The first-order valence-corrected chi connectivity index (χ1v) is 10.8. The number of carbonyl (C=O) groups is 1. The second-order valence-corrected chi connectivity index (χ2v) is 8.12. The zero-order valence-corrected chi connectivity index (χ0v) is 18.9. The van der Waals surface area contributed by atoms with Crippen molar-refractivity contribution in [2.75, 3.05) is 21.3 Å². The van der Waals surface area contributed by atoms with Crippen LogP contribution in [0.5, 0.6) is 11.5 Å². The Bertz CT molecular complexity index is 1330. The maximum Gasteiger partial charge on any atom is 0.166 e. The standard InChI is InChI=1S/C26H25N3O4/c1-31-15-20-25(17-9-10-23(32-2)24(13-17)33-3)26-27-14-19-21(29(26)28-20)11-18(12-22(19)30)16-7-5-4-6-8-16/h4-10,13-14,18H,11-12,15H2,1-3H3/t18-/m1/s1. The molecule has 1 aliphatic rings. The molecule has 0 bridgehead atoms. The highest BCUT2D eigenvalue weighted by Gasteiger charge is 2.30. The molecule has 1 aliphatic carbocycles. The minimum atomic E-state index is 0.0935. The van der Waals surface area contributed by atoms with Crippen molar-refractivity contribution in [3.8, 4) is 22.6 Å². The lowest BCUT2D eigenvalue weighted by molar-refractivity contribution is 0.0962. The van der Waals surface area contributed by atoms with Crippen LogP contribution < -0.4 is 9.47 Å². The second-order valence-electron chi connectivity index (χ2n) is 8.12. The monoisotopic (exact) mass is 443 g/mol. The maximum atomic E-state index is 13.0. The van der Waals surface area contributed by atoms with Gasteiger partial charge in [0.2, 0.25) is 0 Å². The number of ketones is 1. The van der Waals surface area contributed by atoms with E-state index in [9.17, 15) is 4.79 Å². The summed E-state index contributed by atoms with van der Waals surface area (Å²) in [5.41, 5.74) is 5.87. The van der Waals surface area contributed by atoms with Crippen LogP contribution in [0.4, 0.5) is 0 Å². The van der Waals surface area contributed by atoms with E-state index in [0.29, 0.717) is 42.2 Å². The van der Waals surface area contributed by atoms with E-state index >= 15 is 0 Å². The Morgan fingerprint density at radius 2 is 1.79 bits per heavy atom. The van der Waals surface area contributed by atoms with Gasteiger partial charge in [-0.05, 0) is 35.6 Å². The van der Waals surface area contributed by atoms with Crippen molar-refractivity contribution in [1.82, 2.24) is 14.6 Å². The van der Waals surface area contributed by atoms with Gasteiger partial charge in [0, 0.05) is 19.7 Å². The highest BCUT2D eigenvalue weighted by molar-refractivity contribution is 5.99. The van der Waals surface area contributed by atoms with Crippen LogP contribution in [0.2, 0.25) is 0 Å². The van der Waals surface area contributed by atoms with Crippen LogP contribution in [0.15, 0.2) is 54.7 Å². The summed E-state index contributed by atoms with van der Waals surface area (Å²) in [5.74, 6) is 1.47. The lowest BCUT2D eigenvalue weighted by atomic mass is 9.82. The van der Waals surface area contributed by atoms with Crippen LogP contribution in [-0.4, -0.2) is 41.7 Å². The van der Waals surface area contributed by atoms with Crippen LogP contribution in [-0.2, 0) is 17.8 Å². The molecule has 0 radical (unpaired) electrons. The molecule has 0 amide bonds. The number of fused-ring (bicyclic) bond motifs is 3. The first-order chi connectivity index (χ1) is 16.1. The van der Waals surface area contributed by atoms with Crippen LogP contribution in [0.1, 0.15) is 39.6 Å². The molecule has 7 nitrogen and oxygen atoms in total. The predicted molar refractivity (Wildman–Crippen MR) is 124 cm³/mol. The normalized spacial score (nSPS) is 15.5. The van der Waals surface area contributed by atoms with Crippen molar-refractivity contribution in [1.29, 1.82) is 0 Å². The Morgan fingerprint density at radius 1 is 1.00 bits per heavy atom. The molecule has 7 heteroatoms. The highest BCUT2D eigenvalue weighted by Crippen LogP contribution is 2.38. The molecule has 2 heterocycles. The number of hydrogen-bond acceptors (Lipinski definition) is 6. The molecule has 1 atom stereocenters. The molecule has 168 valence electrons. The van der Waals surface area contributed by atoms with Crippen LogP contribution in [0.3, 0.4) is 0 Å². The molecule has 0 fully saturated rings. The Hall–Kier alpha value is -3.71.